The van der Waals surface area contributed by atoms with Crippen LogP contribution in [0.15, 0.2) is 65.6 Å². The fourth-order valence-electron chi connectivity index (χ4n) is 4.08. The Bertz CT molecular complexity index is 1250. The Balaban J connectivity index is 1.32. The molecule has 3 aromatic rings. The van der Waals surface area contributed by atoms with Crippen LogP contribution in [-0.2, 0) is 14.8 Å². The molecule has 1 aliphatic rings. The first-order valence-corrected chi connectivity index (χ1v) is 12.5. The van der Waals surface area contributed by atoms with Crippen LogP contribution in [0.4, 0.5) is 5.69 Å². The number of ether oxygens (including phenoxy) is 1. The summed E-state index contributed by atoms with van der Waals surface area (Å²) in [6, 6.07) is 18.7. The topological polar surface area (TPSA) is 79.0 Å². The Kier molecular flexibility index (Phi) is 6.85. The molecule has 0 bridgehead atoms. The van der Waals surface area contributed by atoms with Gasteiger partial charge >= 0.3 is 0 Å². The summed E-state index contributed by atoms with van der Waals surface area (Å²) in [7, 11) is -1.98. The highest BCUT2D eigenvalue weighted by atomic mass is 32.2. The second kappa shape index (κ2) is 9.80. The highest BCUT2D eigenvalue weighted by molar-refractivity contribution is 7.89. The molecule has 0 atom stereocenters. The number of hydrogen-bond donors (Lipinski definition) is 1. The molecule has 0 unspecified atom stereocenters. The van der Waals surface area contributed by atoms with Gasteiger partial charge in [-0.15, -0.1) is 0 Å². The van der Waals surface area contributed by atoms with Crippen LogP contribution in [0.2, 0.25) is 0 Å². The van der Waals surface area contributed by atoms with E-state index < -0.39 is 10.0 Å². The molecule has 0 aromatic heterocycles. The second-order valence-corrected chi connectivity index (χ2v) is 10.1. The lowest BCUT2D eigenvalue weighted by molar-refractivity contribution is -0.132. The van der Waals surface area contributed by atoms with Gasteiger partial charge in [0.2, 0.25) is 15.9 Å². The van der Waals surface area contributed by atoms with Crippen molar-refractivity contribution in [2.45, 2.75) is 18.2 Å². The zero-order valence-electron chi connectivity index (χ0n) is 19.0. The number of rotatable bonds is 7. The maximum Gasteiger partial charge on any atom is 0.243 e. The molecule has 0 radical (unpaired) electrons. The Morgan fingerprint density at radius 1 is 0.970 bits per heavy atom. The van der Waals surface area contributed by atoms with Gasteiger partial charge in [0.25, 0.3) is 0 Å². The number of anilines is 1. The summed E-state index contributed by atoms with van der Waals surface area (Å²) >= 11 is 0. The highest BCUT2D eigenvalue weighted by Gasteiger charge is 2.30. The zero-order chi connectivity index (χ0) is 23.4. The Hall–Kier alpha value is -3.10. The molecule has 0 aliphatic carbocycles. The lowest BCUT2D eigenvalue weighted by Gasteiger charge is -2.34. The van der Waals surface area contributed by atoms with Gasteiger partial charge in [0, 0.05) is 39.1 Å². The van der Waals surface area contributed by atoms with Gasteiger partial charge < -0.3 is 15.0 Å². The van der Waals surface area contributed by atoms with Crippen LogP contribution in [0.3, 0.4) is 0 Å². The molecule has 0 spiro atoms. The van der Waals surface area contributed by atoms with E-state index in [1.807, 2.05) is 55.5 Å². The number of sulfonamides is 1. The fraction of sp³-hybridized carbons (Fsp3) is 0.320. The summed E-state index contributed by atoms with van der Waals surface area (Å²) in [4.78, 5) is 14.7. The molecule has 4 rings (SSSR count). The van der Waals surface area contributed by atoms with Gasteiger partial charge in [-0.25, -0.2) is 8.42 Å². The van der Waals surface area contributed by atoms with E-state index in [1.165, 1.54) is 4.31 Å². The van der Waals surface area contributed by atoms with Gasteiger partial charge in [-0.1, -0.05) is 36.4 Å². The molecule has 33 heavy (non-hydrogen) atoms. The van der Waals surface area contributed by atoms with Crippen molar-refractivity contribution in [1.82, 2.24) is 9.21 Å². The van der Waals surface area contributed by atoms with E-state index in [4.69, 9.17) is 4.74 Å². The number of carbonyl (C=O) groups excluding carboxylic acids is 1. The molecule has 1 saturated heterocycles. The third kappa shape index (κ3) is 5.12. The molecular weight excluding hydrogens is 438 g/mol. The van der Waals surface area contributed by atoms with Crippen molar-refractivity contribution in [3.63, 3.8) is 0 Å². The lowest BCUT2D eigenvalue weighted by atomic mass is 10.1. The van der Waals surface area contributed by atoms with Crippen LogP contribution >= 0.6 is 0 Å². The molecule has 1 aliphatic heterocycles. The lowest BCUT2D eigenvalue weighted by Crippen LogP contribution is -2.50. The van der Waals surface area contributed by atoms with E-state index >= 15 is 0 Å². The highest BCUT2D eigenvalue weighted by Crippen LogP contribution is 2.25. The van der Waals surface area contributed by atoms with Gasteiger partial charge in [-0.3, -0.25) is 4.79 Å². The van der Waals surface area contributed by atoms with Crippen molar-refractivity contribution in [3.05, 3.63) is 66.2 Å². The van der Waals surface area contributed by atoms with Gasteiger partial charge in [0.05, 0.1) is 17.7 Å². The number of nitrogens with one attached hydrogen (secondary N) is 1. The molecule has 1 amide bonds. The molecule has 7 nitrogen and oxygen atoms in total. The first-order valence-electron chi connectivity index (χ1n) is 11.0. The van der Waals surface area contributed by atoms with Crippen molar-refractivity contribution in [1.29, 1.82) is 0 Å². The molecule has 8 heteroatoms. The van der Waals surface area contributed by atoms with E-state index in [2.05, 4.69) is 5.32 Å². The minimum Gasteiger partial charge on any atom is -0.495 e. The van der Waals surface area contributed by atoms with Crippen LogP contribution in [-0.4, -0.2) is 63.4 Å². The molecule has 1 fully saturated rings. The van der Waals surface area contributed by atoms with Crippen LogP contribution in [0.25, 0.3) is 10.8 Å². The number of aryl methyl sites for hydroxylation is 1. The number of benzene rings is 3. The van der Waals surface area contributed by atoms with E-state index in [0.29, 0.717) is 39.1 Å². The number of fused-ring (bicyclic) bond motifs is 1. The maximum atomic E-state index is 13.1. The molecule has 1 N–H and O–H groups in total. The average molecular weight is 468 g/mol. The summed E-state index contributed by atoms with van der Waals surface area (Å²) < 4.78 is 33.1. The third-order valence-corrected chi connectivity index (χ3v) is 7.85. The largest absolute Gasteiger partial charge is 0.495 e. The summed E-state index contributed by atoms with van der Waals surface area (Å²) in [6.45, 7) is 3.84. The minimum atomic E-state index is -3.60. The molecular formula is C25H29N3O4S. The van der Waals surface area contributed by atoms with Crippen LogP contribution in [0, 0.1) is 6.92 Å². The summed E-state index contributed by atoms with van der Waals surface area (Å²) in [5, 5.41) is 5.16. The first kappa shape index (κ1) is 23.1. The fourth-order valence-corrected chi connectivity index (χ4v) is 5.54. The second-order valence-electron chi connectivity index (χ2n) is 8.17. The van der Waals surface area contributed by atoms with Gasteiger partial charge in [-0.2, -0.15) is 4.31 Å². The summed E-state index contributed by atoms with van der Waals surface area (Å²) in [5.74, 6) is 0.748. The van der Waals surface area contributed by atoms with E-state index in [-0.39, 0.29) is 10.8 Å². The van der Waals surface area contributed by atoms with Gasteiger partial charge in [-0.05, 0) is 47.5 Å². The molecule has 3 aromatic carbocycles. The van der Waals surface area contributed by atoms with Crippen LogP contribution < -0.4 is 10.1 Å². The van der Waals surface area contributed by atoms with Crippen molar-refractivity contribution in [2.75, 3.05) is 45.2 Å². The number of carbonyl (C=O) groups is 1. The number of amides is 1. The summed E-state index contributed by atoms with van der Waals surface area (Å²) in [5.41, 5.74) is 1.96. The van der Waals surface area contributed by atoms with Crippen molar-refractivity contribution >= 4 is 32.4 Å². The predicted molar refractivity (Wildman–Crippen MR) is 130 cm³/mol. The SMILES string of the molecule is COc1ccc(C)cc1NCCC(=O)N1CCN(S(=O)(=O)c2ccc3ccccc3c2)CC1. The van der Waals surface area contributed by atoms with Crippen molar-refractivity contribution < 1.29 is 17.9 Å². The van der Waals surface area contributed by atoms with E-state index in [0.717, 1.165) is 27.8 Å². The normalized spacial score (nSPS) is 14.9. The monoisotopic (exact) mass is 467 g/mol. The number of hydrogen-bond acceptors (Lipinski definition) is 5. The van der Waals surface area contributed by atoms with Crippen molar-refractivity contribution in [2.24, 2.45) is 0 Å². The molecule has 1 heterocycles. The van der Waals surface area contributed by atoms with Crippen LogP contribution in [0.1, 0.15) is 12.0 Å². The number of piperazine rings is 1. The quantitative estimate of drug-likeness (QED) is 0.576. The van der Waals surface area contributed by atoms with Gasteiger partial charge in [0.15, 0.2) is 0 Å². The molecule has 174 valence electrons. The summed E-state index contributed by atoms with van der Waals surface area (Å²) in [6.07, 6.45) is 0.328. The smallest absolute Gasteiger partial charge is 0.243 e. The maximum absolute atomic E-state index is 13.1. The zero-order valence-corrected chi connectivity index (χ0v) is 19.8. The number of nitrogens with zero attached hydrogens (tertiary/aromatic N) is 2. The van der Waals surface area contributed by atoms with Gasteiger partial charge in [0.1, 0.15) is 5.75 Å². The Morgan fingerprint density at radius 2 is 1.70 bits per heavy atom. The average Bonchev–Trinajstić information content (AvgIpc) is 2.84. The first-order chi connectivity index (χ1) is 15.9. The van der Waals surface area contributed by atoms with E-state index in [9.17, 15) is 13.2 Å². The standard InChI is InChI=1S/C25H29N3O4S/c1-19-7-10-24(32-2)23(17-19)26-12-11-25(29)27-13-15-28(16-14-27)33(30,31)22-9-8-20-5-3-4-6-21(20)18-22/h3-10,17-18,26H,11-16H2,1-2H3. The Morgan fingerprint density at radius 3 is 2.42 bits per heavy atom. The minimum absolute atomic E-state index is 0.0110. The van der Waals surface area contributed by atoms with E-state index in [1.54, 1.807) is 24.1 Å². The third-order valence-electron chi connectivity index (χ3n) is 5.96. The van der Waals surface area contributed by atoms with Crippen LogP contribution in [0.5, 0.6) is 5.75 Å². The molecule has 0 saturated carbocycles. The van der Waals surface area contributed by atoms with Crippen molar-refractivity contribution in [3.8, 4) is 5.75 Å². The number of methoxy groups -OCH3 is 1. The Labute approximate surface area is 195 Å². The predicted octanol–water partition coefficient (Wildman–Crippen LogP) is 3.49.